The van der Waals surface area contributed by atoms with E-state index in [-0.39, 0.29) is 6.61 Å². The zero-order valence-electron chi connectivity index (χ0n) is 10.4. The van der Waals surface area contributed by atoms with Gasteiger partial charge in [-0.2, -0.15) is 13.2 Å². The summed E-state index contributed by atoms with van der Waals surface area (Å²) in [4.78, 5) is 0. The van der Waals surface area contributed by atoms with E-state index in [2.05, 4.69) is 11.7 Å². The van der Waals surface area contributed by atoms with Crippen molar-refractivity contribution in [2.75, 3.05) is 13.2 Å². The molecule has 0 aliphatic rings. The summed E-state index contributed by atoms with van der Waals surface area (Å²) in [6.07, 6.45) is 0.801. The Bertz CT molecular complexity index is 172. The van der Waals surface area contributed by atoms with Gasteiger partial charge in [0.25, 0.3) is 0 Å². The Labute approximate surface area is 101 Å². The second-order valence-electron chi connectivity index (χ2n) is 4.20. The molecule has 0 saturated carbocycles. The molecule has 0 bridgehead atoms. The highest BCUT2D eigenvalue weighted by Crippen LogP contribution is 2.22. The van der Waals surface area contributed by atoms with Gasteiger partial charge < -0.3 is 9.84 Å². The third kappa shape index (κ3) is 9.41. The minimum absolute atomic E-state index is 0.0680. The summed E-state index contributed by atoms with van der Waals surface area (Å²) in [5, 5.41) is 8.52. The number of rotatable bonds is 10. The van der Waals surface area contributed by atoms with Crippen molar-refractivity contribution in [1.82, 2.24) is 0 Å². The number of ether oxygens (including phenoxy) is 1. The summed E-state index contributed by atoms with van der Waals surface area (Å²) >= 11 is 0. The first-order chi connectivity index (χ1) is 8.02. The van der Waals surface area contributed by atoms with Crippen molar-refractivity contribution in [2.45, 2.75) is 64.1 Å². The molecule has 0 fully saturated rings. The van der Waals surface area contributed by atoms with Gasteiger partial charge in [0, 0.05) is 6.61 Å². The predicted octanol–water partition coefficient (Wildman–Crippen LogP) is 3.68. The highest BCUT2D eigenvalue weighted by atomic mass is 19.4. The normalized spacial score (nSPS) is 13.9. The van der Waals surface area contributed by atoms with E-state index in [0.29, 0.717) is 6.42 Å². The van der Waals surface area contributed by atoms with E-state index in [1.165, 1.54) is 19.3 Å². The predicted molar refractivity (Wildman–Crippen MR) is 60.9 cm³/mol. The molecular formula is C12H23F3O2. The number of aliphatic hydroxyl groups is 1. The van der Waals surface area contributed by atoms with Crippen molar-refractivity contribution in [1.29, 1.82) is 0 Å². The van der Waals surface area contributed by atoms with Crippen LogP contribution in [0.25, 0.3) is 0 Å². The van der Waals surface area contributed by atoms with Crippen LogP contribution in [0.1, 0.15) is 51.9 Å². The average Bonchev–Trinajstić information content (AvgIpc) is 2.25. The molecule has 0 aromatic heterocycles. The van der Waals surface area contributed by atoms with Gasteiger partial charge in [0.15, 0.2) is 6.10 Å². The van der Waals surface area contributed by atoms with Gasteiger partial charge in [0.1, 0.15) is 0 Å². The fraction of sp³-hybridized carbons (Fsp3) is 1.00. The van der Waals surface area contributed by atoms with Crippen LogP contribution in [0.4, 0.5) is 13.2 Å². The number of hydrogen-bond donors (Lipinski definition) is 1. The topological polar surface area (TPSA) is 29.5 Å². The van der Waals surface area contributed by atoms with Gasteiger partial charge in [-0.05, 0) is 6.42 Å². The minimum atomic E-state index is -4.46. The summed E-state index contributed by atoms with van der Waals surface area (Å²) < 4.78 is 41.1. The van der Waals surface area contributed by atoms with Crippen molar-refractivity contribution in [3.8, 4) is 0 Å². The van der Waals surface area contributed by atoms with Gasteiger partial charge in [-0.25, -0.2) is 0 Å². The maximum Gasteiger partial charge on any atom is 0.416 e. The van der Waals surface area contributed by atoms with Crippen molar-refractivity contribution >= 4 is 0 Å². The highest BCUT2D eigenvalue weighted by molar-refractivity contribution is 4.65. The maximum absolute atomic E-state index is 12.2. The zero-order chi connectivity index (χ0) is 13.1. The molecule has 0 aliphatic carbocycles. The Hall–Kier alpha value is -0.290. The molecule has 0 aromatic carbocycles. The van der Waals surface area contributed by atoms with Crippen LogP contribution >= 0.6 is 0 Å². The Morgan fingerprint density at radius 3 is 2.00 bits per heavy atom. The number of aliphatic hydroxyl groups excluding tert-OH is 1. The van der Waals surface area contributed by atoms with Gasteiger partial charge in [-0.15, -0.1) is 0 Å². The van der Waals surface area contributed by atoms with Crippen LogP contribution < -0.4 is 0 Å². The lowest BCUT2D eigenvalue weighted by atomic mass is 10.1. The quantitative estimate of drug-likeness (QED) is 0.604. The molecule has 0 aromatic rings. The second kappa shape index (κ2) is 9.71. The van der Waals surface area contributed by atoms with Crippen LogP contribution in [-0.2, 0) is 4.74 Å². The smallest absolute Gasteiger partial charge is 0.393 e. The van der Waals surface area contributed by atoms with E-state index < -0.39 is 18.9 Å². The third-order valence-electron chi connectivity index (χ3n) is 2.60. The second-order valence-corrected chi connectivity index (χ2v) is 4.20. The largest absolute Gasteiger partial charge is 0.416 e. The molecule has 1 N–H and O–H groups in total. The first-order valence-corrected chi connectivity index (χ1v) is 6.31. The molecule has 5 heteroatoms. The average molecular weight is 256 g/mol. The molecule has 0 heterocycles. The fourth-order valence-electron chi connectivity index (χ4n) is 1.54. The Kier molecular flexibility index (Phi) is 9.55. The molecule has 17 heavy (non-hydrogen) atoms. The molecule has 2 nitrogen and oxygen atoms in total. The lowest BCUT2D eigenvalue weighted by Gasteiger charge is -2.18. The molecule has 0 spiro atoms. The van der Waals surface area contributed by atoms with E-state index in [1.807, 2.05) is 0 Å². The molecule has 0 radical (unpaired) electrons. The van der Waals surface area contributed by atoms with Crippen LogP contribution in [0.2, 0.25) is 0 Å². The van der Waals surface area contributed by atoms with Crippen LogP contribution in [-0.4, -0.2) is 30.6 Å². The standard InChI is InChI=1S/C12H23F3O2/c1-2-3-4-5-6-7-8-9-17-11(10-16)12(13,14)15/h11,16H,2-10H2,1H3. The Balaban J connectivity index is 3.38. The van der Waals surface area contributed by atoms with Gasteiger partial charge in [0.2, 0.25) is 0 Å². The van der Waals surface area contributed by atoms with Crippen LogP contribution in [0.3, 0.4) is 0 Å². The van der Waals surface area contributed by atoms with Gasteiger partial charge >= 0.3 is 6.18 Å². The van der Waals surface area contributed by atoms with Gasteiger partial charge in [-0.1, -0.05) is 45.4 Å². The van der Waals surface area contributed by atoms with Crippen molar-refractivity contribution < 1.29 is 23.0 Å². The van der Waals surface area contributed by atoms with Crippen molar-refractivity contribution in [3.63, 3.8) is 0 Å². The summed E-state index contributed by atoms with van der Waals surface area (Å²) in [7, 11) is 0. The molecule has 0 aliphatic heterocycles. The van der Waals surface area contributed by atoms with E-state index in [4.69, 9.17) is 5.11 Å². The first kappa shape index (κ1) is 16.7. The monoisotopic (exact) mass is 256 g/mol. The minimum Gasteiger partial charge on any atom is -0.393 e. The lowest BCUT2D eigenvalue weighted by Crippen LogP contribution is -2.35. The summed E-state index contributed by atoms with van der Waals surface area (Å²) in [5.41, 5.74) is 0. The fourth-order valence-corrected chi connectivity index (χ4v) is 1.54. The molecule has 0 rings (SSSR count). The molecule has 0 amide bonds. The highest BCUT2D eigenvalue weighted by Gasteiger charge is 2.39. The number of alkyl halides is 3. The number of halogens is 3. The van der Waals surface area contributed by atoms with Crippen LogP contribution in [0, 0.1) is 0 Å². The molecule has 1 atom stereocenters. The Morgan fingerprint density at radius 1 is 1.00 bits per heavy atom. The van der Waals surface area contributed by atoms with E-state index in [9.17, 15) is 13.2 Å². The number of hydrogen-bond acceptors (Lipinski definition) is 2. The maximum atomic E-state index is 12.2. The van der Waals surface area contributed by atoms with Crippen LogP contribution in [0.15, 0.2) is 0 Å². The summed E-state index contributed by atoms with van der Waals surface area (Å²) in [6.45, 7) is 1.21. The number of unbranched alkanes of at least 4 members (excludes halogenated alkanes) is 6. The van der Waals surface area contributed by atoms with Crippen molar-refractivity contribution in [3.05, 3.63) is 0 Å². The third-order valence-corrected chi connectivity index (χ3v) is 2.60. The van der Waals surface area contributed by atoms with Crippen molar-refractivity contribution in [2.24, 2.45) is 0 Å². The SMILES string of the molecule is CCCCCCCCCOC(CO)C(F)(F)F. The Morgan fingerprint density at radius 2 is 1.53 bits per heavy atom. The van der Waals surface area contributed by atoms with E-state index in [1.54, 1.807) is 0 Å². The first-order valence-electron chi connectivity index (χ1n) is 6.31. The summed E-state index contributed by atoms with van der Waals surface area (Å²) in [5.74, 6) is 0. The summed E-state index contributed by atoms with van der Waals surface area (Å²) in [6, 6.07) is 0. The van der Waals surface area contributed by atoms with E-state index >= 15 is 0 Å². The van der Waals surface area contributed by atoms with Gasteiger partial charge in [-0.3, -0.25) is 0 Å². The lowest BCUT2D eigenvalue weighted by molar-refractivity contribution is -0.229. The van der Waals surface area contributed by atoms with E-state index in [0.717, 1.165) is 19.3 Å². The van der Waals surface area contributed by atoms with Crippen LogP contribution in [0.5, 0.6) is 0 Å². The molecular weight excluding hydrogens is 233 g/mol. The van der Waals surface area contributed by atoms with Gasteiger partial charge in [0.05, 0.1) is 6.61 Å². The zero-order valence-corrected chi connectivity index (χ0v) is 10.4. The molecule has 104 valence electrons. The molecule has 1 unspecified atom stereocenters. The molecule has 0 saturated heterocycles.